The predicted molar refractivity (Wildman–Crippen MR) is 58.0 cm³/mol. The average Bonchev–Trinajstić information content (AvgIpc) is 2.75. The molecule has 0 aromatic carbocycles. The molecule has 0 saturated heterocycles. The molecule has 2 aliphatic rings. The second-order valence-corrected chi connectivity index (χ2v) is 5.27. The van der Waals surface area contributed by atoms with Crippen LogP contribution < -0.4 is 0 Å². The maximum absolute atomic E-state index is 9.95. The normalized spacial score (nSPS) is 47.7. The lowest BCUT2D eigenvalue weighted by molar-refractivity contribution is -0.00267. The number of rotatable bonds is 2. The van der Waals surface area contributed by atoms with E-state index >= 15 is 0 Å². The third kappa shape index (κ3) is 1.14. The molecule has 5 atom stereocenters. The molecule has 2 saturated carbocycles. The molecule has 1 N–H and O–H groups in total. The van der Waals surface area contributed by atoms with Crippen LogP contribution >= 0.6 is 11.6 Å². The minimum absolute atomic E-state index is 0.126. The van der Waals surface area contributed by atoms with Crippen LogP contribution in [0.3, 0.4) is 0 Å². The standard InChI is InChI=1S/C12H17ClO/c1-3-11(14)12(2)9-5-4-8(6-9)10(12)7-13/h1,8-11,14H,4-7H2,2H3/t8-,9+,10-,11?,12-/m1/s1. The Bertz CT molecular complexity index is 270. The van der Waals surface area contributed by atoms with Crippen molar-refractivity contribution in [3.8, 4) is 12.3 Å². The Kier molecular flexibility index (Phi) is 2.53. The quantitative estimate of drug-likeness (QED) is 0.550. The molecular weight excluding hydrogens is 196 g/mol. The van der Waals surface area contributed by atoms with Crippen LogP contribution in [0.1, 0.15) is 26.2 Å². The average molecular weight is 213 g/mol. The molecule has 2 fully saturated rings. The lowest BCUT2D eigenvalue weighted by atomic mass is 9.65. The predicted octanol–water partition coefficient (Wildman–Crippen LogP) is 2.27. The van der Waals surface area contributed by atoms with Gasteiger partial charge >= 0.3 is 0 Å². The third-order valence-corrected chi connectivity index (χ3v) is 4.97. The number of hydrogen-bond donors (Lipinski definition) is 1. The lowest BCUT2D eigenvalue weighted by Crippen LogP contribution is -2.43. The van der Waals surface area contributed by atoms with E-state index in [9.17, 15) is 5.11 Å². The Morgan fingerprint density at radius 2 is 2.36 bits per heavy atom. The molecule has 1 unspecified atom stereocenters. The Morgan fingerprint density at radius 1 is 1.64 bits per heavy atom. The van der Waals surface area contributed by atoms with Crippen molar-refractivity contribution in [2.24, 2.45) is 23.2 Å². The van der Waals surface area contributed by atoms with E-state index in [1.165, 1.54) is 19.3 Å². The molecule has 78 valence electrons. The molecule has 1 nitrogen and oxygen atoms in total. The summed E-state index contributed by atoms with van der Waals surface area (Å²) in [5, 5.41) is 9.95. The molecule has 0 heterocycles. The fourth-order valence-electron chi connectivity index (χ4n) is 3.66. The van der Waals surface area contributed by atoms with E-state index in [2.05, 4.69) is 12.8 Å². The van der Waals surface area contributed by atoms with Crippen molar-refractivity contribution in [3.05, 3.63) is 0 Å². The van der Waals surface area contributed by atoms with Gasteiger partial charge in [-0.25, -0.2) is 0 Å². The van der Waals surface area contributed by atoms with Crippen LogP contribution in [0.25, 0.3) is 0 Å². The number of fused-ring (bicyclic) bond motifs is 2. The summed E-state index contributed by atoms with van der Waals surface area (Å²) in [5.74, 6) is 4.82. The first-order valence-electron chi connectivity index (χ1n) is 5.34. The molecule has 2 bridgehead atoms. The number of aliphatic hydroxyl groups is 1. The zero-order valence-electron chi connectivity index (χ0n) is 8.54. The van der Waals surface area contributed by atoms with Gasteiger partial charge in [-0.05, 0) is 37.0 Å². The van der Waals surface area contributed by atoms with Crippen molar-refractivity contribution in [2.45, 2.75) is 32.3 Å². The van der Waals surface area contributed by atoms with Gasteiger partial charge in [0.05, 0.1) is 0 Å². The molecule has 0 aliphatic heterocycles. The van der Waals surface area contributed by atoms with Crippen molar-refractivity contribution in [3.63, 3.8) is 0 Å². The minimum atomic E-state index is -0.624. The van der Waals surface area contributed by atoms with Gasteiger partial charge in [-0.1, -0.05) is 12.8 Å². The molecule has 2 heteroatoms. The van der Waals surface area contributed by atoms with Crippen molar-refractivity contribution in [1.29, 1.82) is 0 Å². The van der Waals surface area contributed by atoms with Crippen LogP contribution in [-0.4, -0.2) is 17.1 Å². The molecule has 2 aliphatic carbocycles. The Balaban J connectivity index is 2.29. The number of terminal acetylenes is 1. The van der Waals surface area contributed by atoms with Crippen LogP contribution in [0, 0.1) is 35.5 Å². The van der Waals surface area contributed by atoms with Crippen LogP contribution in [0.2, 0.25) is 0 Å². The summed E-state index contributed by atoms with van der Waals surface area (Å²) >= 11 is 6.01. The van der Waals surface area contributed by atoms with Crippen LogP contribution in [-0.2, 0) is 0 Å². The summed E-state index contributed by atoms with van der Waals surface area (Å²) in [7, 11) is 0. The number of aliphatic hydroxyl groups excluding tert-OH is 1. The molecule has 0 spiro atoms. The topological polar surface area (TPSA) is 20.2 Å². The van der Waals surface area contributed by atoms with E-state index < -0.39 is 6.10 Å². The van der Waals surface area contributed by atoms with Crippen LogP contribution in [0.4, 0.5) is 0 Å². The Morgan fingerprint density at radius 3 is 2.93 bits per heavy atom. The summed E-state index contributed by atoms with van der Waals surface area (Å²) in [6.45, 7) is 2.12. The van der Waals surface area contributed by atoms with Crippen LogP contribution in [0.5, 0.6) is 0 Å². The first-order valence-corrected chi connectivity index (χ1v) is 5.88. The highest BCUT2D eigenvalue weighted by molar-refractivity contribution is 6.18. The number of halogens is 1. The van der Waals surface area contributed by atoms with E-state index in [1.807, 2.05) is 0 Å². The summed E-state index contributed by atoms with van der Waals surface area (Å²) < 4.78 is 0. The smallest absolute Gasteiger partial charge is 0.120 e. The van der Waals surface area contributed by atoms with Crippen molar-refractivity contribution in [2.75, 3.05) is 5.88 Å². The molecular formula is C12H17ClO. The highest BCUT2D eigenvalue weighted by Gasteiger charge is 2.57. The first kappa shape index (κ1) is 10.3. The van der Waals surface area contributed by atoms with Gasteiger partial charge in [-0.2, -0.15) is 0 Å². The van der Waals surface area contributed by atoms with Gasteiger partial charge < -0.3 is 5.11 Å². The van der Waals surface area contributed by atoms with Crippen molar-refractivity contribution >= 4 is 11.6 Å². The van der Waals surface area contributed by atoms with E-state index in [0.29, 0.717) is 23.6 Å². The van der Waals surface area contributed by atoms with Gasteiger partial charge in [0.1, 0.15) is 6.10 Å². The highest BCUT2D eigenvalue weighted by Crippen LogP contribution is 2.61. The van der Waals surface area contributed by atoms with Gasteiger partial charge in [0, 0.05) is 11.3 Å². The second-order valence-electron chi connectivity index (χ2n) is 4.97. The molecule has 2 rings (SSSR count). The zero-order valence-corrected chi connectivity index (χ0v) is 9.30. The van der Waals surface area contributed by atoms with Gasteiger partial charge in [-0.15, -0.1) is 18.0 Å². The molecule has 0 aromatic rings. The molecule has 14 heavy (non-hydrogen) atoms. The molecule has 0 aromatic heterocycles. The fraction of sp³-hybridized carbons (Fsp3) is 0.833. The first-order chi connectivity index (χ1) is 6.64. The van der Waals surface area contributed by atoms with Gasteiger partial charge in [0.15, 0.2) is 0 Å². The number of hydrogen-bond acceptors (Lipinski definition) is 1. The van der Waals surface area contributed by atoms with E-state index in [-0.39, 0.29) is 5.41 Å². The minimum Gasteiger partial charge on any atom is -0.380 e. The monoisotopic (exact) mass is 212 g/mol. The van der Waals surface area contributed by atoms with E-state index in [1.54, 1.807) is 0 Å². The van der Waals surface area contributed by atoms with E-state index in [4.69, 9.17) is 18.0 Å². The summed E-state index contributed by atoms with van der Waals surface area (Å²) in [6.07, 6.45) is 8.42. The van der Waals surface area contributed by atoms with E-state index in [0.717, 1.165) is 0 Å². The molecule has 0 radical (unpaired) electrons. The molecule has 0 amide bonds. The van der Waals surface area contributed by atoms with Crippen LogP contribution in [0.15, 0.2) is 0 Å². The fourth-order valence-corrected chi connectivity index (χ4v) is 4.24. The Labute approximate surface area is 90.8 Å². The summed E-state index contributed by atoms with van der Waals surface area (Å²) in [6, 6.07) is 0. The second kappa shape index (κ2) is 3.43. The number of alkyl halides is 1. The van der Waals surface area contributed by atoms with Gasteiger partial charge in [-0.3, -0.25) is 0 Å². The third-order valence-electron chi connectivity index (χ3n) is 4.63. The maximum Gasteiger partial charge on any atom is 0.120 e. The van der Waals surface area contributed by atoms with Crippen molar-refractivity contribution in [1.82, 2.24) is 0 Å². The SMILES string of the molecule is C#CC(O)[C@]1(C)[C@H]2CC[C@H](C2)[C@H]1CCl. The van der Waals surface area contributed by atoms with Gasteiger partial charge in [0.25, 0.3) is 0 Å². The summed E-state index contributed by atoms with van der Waals surface area (Å²) in [4.78, 5) is 0. The highest BCUT2D eigenvalue weighted by atomic mass is 35.5. The largest absolute Gasteiger partial charge is 0.380 e. The summed E-state index contributed by atoms with van der Waals surface area (Å²) in [5.41, 5.74) is -0.126. The van der Waals surface area contributed by atoms with Gasteiger partial charge in [0.2, 0.25) is 0 Å². The zero-order chi connectivity index (χ0) is 10.3. The maximum atomic E-state index is 9.95. The lowest BCUT2D eigenvalue weighted by Gasteiger charge is -2.42. The van der Waals surface area contributed by atoms with Crippen molar-refractivity contribution < 1.29 is 5.11 Å². The Hall–Kier alpha value is -0.190.